The molecule has 0 bridgehead atoms. The lowest BCUT2D eigenvalue weighted by Crippen LogP contribution is -2.21. The van der Waals surface area contributed by atoms with Crippen LogP contribution in [0.3, 0.4) is 0 Å². The van der Waals surface area contributed by atoms with Gasteiger partial charge in [0, 0.05) is 17.3 Å². The highest BCUT2D eigenvalue weighted by atomic mass is 35.5. The molecule has 0 saturated carbocycles. The van der Waals surface area contributed by atoms with E-state index in [1.165, 1.54) is 6.07 Å². The van der Waals surface area contributed by atoms with Gasteiger partial charge in [-0.05, 0) is 18.2 Å². The highest BCUT2D eigenvalue weighted by Gasteiger charge is 2.05. The third kappa shape index (κ3) is 1.99. The number of halogens is 1. The zero-order valence-electron chi connectivity index (χ0n) is 8.08. The summed E-state index contributed by atoms with van der Waals surface area (Å²) in [5, 5.41) is 0.376. The van der Waals surface area contributed by atoms with Crippen molar-refractivity contribution in [3.8, 4) is 11.3 Å². The van der Waals surface area contributed by atoms with Crippen molar-refractivity contribution in [2.24, 2.45) is 0 Å². The van der Waals surface area contributed by atoms with E-state index in [9.17, 15) is 9.59 Å². The Balaban J connectivity index is 2.67. The second kappa shape index (κ2) is 3.86. The highest BCUT2D eigenvalue weighted by Crippen LogP contribution is 2.26. The van der Waals surface area contributed by atoms with Gasteiger partial charge in [-0.25, -0.2) is 4.79 Å². The molecule has 1 aromatic heterocycles. The van der Waals surface area contributed by atoms with E-state index in [1.54, 1.807) is 18.2 Å². The monoisotopic (exact) mass is 237 g/mol. The molecule has 4 N–H and O–H groups in total. The molecule has 0 unspecified atom stereocenters. The molecule has 6 heteroatoms. The summed E-state index contributed by atoms with van der Waals surface area (Å²) < 4.78 is 0. The Morgan fingerprint density at radius 2 is 1.88 bits per heavy atom. The number of aromatic nitrogens is 2. The highest BCUT2D eigenvalue weighted by molar-refractivity contribution is 6.33. The second-order valence-electron chi connectivity index (χ2n) is 3.24. The van der Waals surface area contributed by atoms with Gasteiger partial charge in [-0.15, -0.1) is 0 Å². The Morgan fingerprint density at radius 3 is 2.50 bits per heavy atom. The van der Waals surface area contributed by atoms with Crippen LogP contribution in [0.5, 0.6) is 0 Å². The molecule has 2 aromatic rings. The Kier molecular flexibility index (Phi) is 2.54. The molecule has 1 heterocycles. The Morgan fingerprint density at radius 1 is 1.12 bits per heavy atom. The van der Waals surface area contributed by atoms with Crippen LogP contribution in [-0.2, 0) is 0 Å². The zero-order chi connectivity index (χ0) is 11.7. The van der Waals surface area contributed by atoms with Crippen molar-refractivity contribution < 1.29 is 0 Å². The number of H-pyrrole nitrogens is 2. The predicted octanol–water partition coefficient (Wildman–Crippen LogP) is 0.966. The predicted molar refractivity (Wildman–Crippen MR) is 62.5 cm³/mol. The first kappa shape index (κ1) is 10.5. The molecule has 16 heavy (non-hydrogen) atoms. The third-order valence-electron chi connectivity index (χ3n) is 2.04. The molecule has 0 fully saturated rings. The van der Waals surface area contributed by atoms with Crippen LogP contribution in [-0.4, -0.2) is 9.97 Å². The first-order chi connectivity index (χ1) is 7.56. The molecule has 1 aromatic carbocycles. The van der Waals surface area contributed by atoms with Crippen LogP contribution in [0.15, 0.2) is 33.9 Å². The minimum absolute atomic E-state index is 0.360. The number of nitrogens with one attached hydrogen (secondary N) is 2. The number of hydrogen-bond donors (Lipinski definition) is 3. The van der Waals surface area contributed by atoms with E-state index >= 15 is 0 Å². The van der Waals surface area contributed by atoms with Crippen LogP contribution in [0.4, 0.5) is 5.69 Å². The first-order valence-corrected chi connectivity index (χ1v) is 4.83. The van der Waals surface area contributed by atoms with Crippen LogP contribution in [0.1, 0.15) is 0 Å². The van der Waals surface area contributed by atoms with E-state index in [4.69, 9.17) is 17.3 Å². The average Bonchev–Trinajstić information content (AvgIpc) is 2.15. The molecule has 0 aliphatic carbocycles. The minimum atomic E-state index is -0.574. The van der Waals surface area contributed by atoms with Crippen LogP contribution >= 0.6 is 11.6 Å². The normalized spacial score (nSPS) is 10.3. The van der Waals surface area contributed by atoms with E-state index in [0.29, 0.717) is 22.0 Å². The van der Waals surface area contributed by atoms with E-state index < -0.39 is 11.2 Å². The number of rotatable bonds is 1. The van der Waals surface area contributed by atoms with Gasteiger partial charge in [0.15, 0.2) is 0 Å². The number of nitrogen functional groups attached to an aromatic ring is 1. The lowest BCUT2D eigenvalue weighted by atomic mass is 10.1. The first-order valence-electron chi connectivity index (χ1n) is 4.45. The molecule has 0 aliphatic rings. The Hall–Kier alpha value is -2.01. The average molecular weight is 238 g/mol. The van der Waals surface area contributed by atoms with Crippen molar-refractivity contribution >= 4 is 17.3 Å². The molecule has 0 amide bonds. The fraction of sp³-hybridized carbons (Fsp3) is 0. The summed E-state index contributed by atoms with van der Waals surface area (Å²) in [6.07, 6.45) is 0. The lowest BCUT2D eigenvalue weighted by Gasteiger charge is -2.04. The van der Waals surface area contributed by atoms with Crippen molar-refractivity contribution in [3.05, 3.63) is 50.1 Å². The van der Waals surface area contributed by atoms with Gasteiger partial charge in [-0.2, -0.15) is 0 Å². The zero-order valence-corrected chi connectivity index (χ0v) is 8.84. The summed E-state index contributed by atoms with van der Waals surface area (Å²) in [4.78, 5) is 26.8. The topological polar surface area (TPSA) is 91.7 Å². The van der Waals surface area contributed by atoms with Crippen molar-refractivity contribution in [1.29, 1.82) is 0 Å². The lowest BCUT2D eigenvalue weighted by molar-refractivity contribution is 1.04. The molecule has 0 spiro atoms. The summed E-state index contributed by atoms with van der Waals surface area (Å²) in [6, 6.07) is 6.10. The summed E-state index contributed by atoms with van der Waals surface area (Å²) >= 11 is 5.95. The van der Waals surface area contributed by atoms with Gasteiger partial charge in [0.2, 0.25) is 0 Å². The van der Waals surface area contributed by atoms with E-state index in [2.05, 4.69) is 9.97 Å². The molecule has 5 nitrogen and oxygen atoms in total. The Labute approximate surface area is 94.9 Å². The second-order valence-corrected chi connectivity index (χ2v) is 3.65. The van der Waals surface area contributed by atoms with Gasteiger partial charge in [0.05, 0.1) is 10.7 Å². The molecule has 0 atom stereocenters. The number of hydrogen-bond acceptors (Lipinski definition) is 3. The van der Waals surface area contributed by atoms with Crippen molar-refractivity contribution in [2.45, 2.75) is 0 Å². The molecule has 0 radical (unpaired) electrons. The van der Waals surface area contributed by atoms with Crippen molar-refractivity contribution in [3.63, 3.8) is 0 Å². The standard InChI is InChI=1S/C10H8ClN3O2/c11-7-3-5(12)1-2-6(7)8-4-9(15)14-10(16)13-8/h1-4H,12H2,(H2,13,14,15,16). The molecule has 0 saturated heterocycles. The SMILES string of the molecule is Nc1ccc(-c2cc(=O)[nH]c(=O)[nH]2)c(Cl)c1. The molecular formula is C10H8ClN3O2. The Bertz CT molecular complexity index is 617. The van der Waals surface area contributed by atoms with E-state index in [0.717, 1.165) is 0 Å². The van der Waals surface area contributed by atoms with Gasteiger partial charge in [0.1, 0.15) is 0 Å². The maximum Gasteiger partial charge on any atom is 0.326 e. The maximum absolute atomic E-state index is 11.1. The van der Waals surface area contributed by atoms with Crippen LogP contribution in [0.2, 0.25) is 5.02 Å². The summed E-state index contributed by atoms with van der Waals surface area (Å²) in [5.41, 5.74) is 5.92. The van der Waals surface area contributed by atoms with E-state index in [-0.39, 0.29) is 0 Å². The minimum Gasteiger partial charge on any atom is -0.399 e. The largest absolute Gasteiger partial charge is 0.399 e. The van der Waals surface area contributed by atoms with Crippen LogP contribution < -0.4 is 17.0 Å². The van der Waals surface area contributed by atoms with Crippen molar-refractivity contribution in [1.82, 2.24) is 9.97 Å². The fourth-order valence-electron chi connectivity index (χ4n) is 1.36. The molecule has 2 rings (SSSR count). The van der Waals surface area contributed by atoms with Gasteiger partial charge in [0.25, 0.3) is 5.56 Å². The number of benzene rings is 1. The van der Waals surface area contributed by atoms with Gasteiger partial charge >= 0.3 is 5.69 Å². The van der Waals surface area contributed by atoms with E-state index in [1.807, 2.05) is 0 Å². The molecule has 0 aliphatic heterocycles. The van der Waals surface area contributed by atoms with Gasteiger partial charge < -0.3 is 10.7 Å². The smallest absolute Gasteiger partial charge is 0.326 e. The molecule has 82 valence electrons. The van der Waals surface area contributed by atoms with Gasteiger partial charge in [-0.3, -0.25) is 9.78 Å². The van der Waals surface area contributed by atoms with Crippen LogP contribution in [0.25, 0.3) is 11.3 Å². The fourth-order valence-corrected chi connectivity index (χ4v) is 1.65. The number of anilines is 1. The maximum atomic E-state index is 11.1. The summed E-state index contributed by atoms with van der Waals surface area (Å²) in [5.74, 6) is 0. The summed E-state index contributed by atoms with van der Waals surface area (Å²) in [7, 11) is 0. The summed E-state index contributed by atoms with van der Waals surface area (Å²) in [6.45, 7) is 0. The quantitative estimate of drug-likeness (QED) is 0.645. The number of aromatic amines is 2. The third-order valence-corrected chi connectivity index (χ3v) is 2.36. The molecular weight excluding hydrogens is 230 g/mol. The number of nitrogens with two attached hydrogens (primary N) is 1. The van der Waals surface area contributed by atoms with Gasteiger partial charge in [-0.1, -0.05) is 11.6 Å². The van der Waals surface area contributed by atoms with Crippen LogP contribution in [0, 0.1) is 0 Å². The van der Waals surface area contributed by atoms with Crippen molar-refractivity contribution in [2.75, 3.05) is 5.73 Å².